The van der Waals surface area contributed by atoms with E-state index in [1.165, 1.54) is 5.56 Å². The van der Waals surface area contributed by atoms with Gasteiger partial charge in [-0.1, -0.05) is 12.1 Å². The minimum Gasteiger partial charge on any atom is -0.359 e. The highest BCUT2D eigenvalue weighted by Gasteiger charge is 2.10. The number of benzene rings is 1. The Labute approximate surface area is 124 Å². The summed E-state index contributed by atoms with van der Waals surface area (Å²) in [6, 6.07) is 6.18. The molecule has 0 atom stereocenters. The molecule has 0 saturated heterocycles. The Bertz CT molecular complexity index is 715. The highest BCUT2D eigenvalue weighted by molar-refractivity contribution is 5.92. The van der Waals surface area contributed by atoms with Crippen molar-refractivity contribution < 1.29 is 0 Å². The van der Waals surface area contributed by atoms with Crippen LogP contribution in [0.5, 0.6) is 0 Å². The third-order valence-electron chi connectivity index (χ3n) is 3.68. The zero-order valence-electron chi connectivity index (χ0n) is 12.4. The van der Waals surface area contributed by atoms with Gasteiger partial charge in [-0.2, -0.15) is 0 Å². The molecule has 1 aromatic carbocycles. The highest BCUT2D eigenvalue weighted by atomic mass is 15.2. The summed E-state index contributed by atoms with van der Waals surface area (Å²) in [5, 5.41) is 1.14. The van der Waals surface area contributed by atoms with Crippen LogP contribution in [0, 0.1) is 6.92 Å². The molecule has 0 bridgehead atoms. The fourth-order valence-corrected chi connectivity index (χ4v) is 2.57. The first-order valence-corrected chi connectivity index (χ1v) is 7.13. The summed E-state index contributed by atoms with van der Waals surface area (Å²) >= 11 is 0. The first-order valence-electron chi connectivity index (χ1n) is 7.13. The van der Waals surface area contributed by atoms with Crippen LogP contribution in [0.15, 0.2) is 43.2 Å². The molecule has 0 saturated carbocycles. The molecule has 0 amide bonds. The summed E-state index contributed by atoms with van der Waals surface area (Å²) in [5.41, 5.74) is 2.21. The molecule has 5 nitrogen and oxygen atoms in total. The van der Waals surface area contributed by atoms with Crippen LogP contribution in [0.1, 0.15) is 12.0 Å². The van der Waals surface area contributed by atoms with Crippen LogP contribution < -0.4 is 4.90 Å². The lowest BCUT2D eigenvalue weighted by Crippen LogP contribution is -2.21. The van der Waals surface area contributed by atoms with Crippen LogP contribution in [-0.4, -0.2) is 33.1 Å². The van der Waals surface area contributed by atoms with Crippen LogP contribution in [0.4, 0.5) is 5.82 Å². The standard InChI is InChI=1S/C16H19N5/c1-13-5-3-6-14-15(13)16(19-11-18-14)20(2)8-4-9-21-10-7-17-12-21/h3,5-7,10-12H,4,8-9H2,1-2H3. The van der Waals surface area contributed by atoms with Gasteiger partial charge in [0.05, 0.1) is 11.8 Å². The summed E-state index contributed by atoms with van der Waals surface area (Å²) < 4.78 is 2.09. The van der Waals surface area contributed by atoms with E-state index in [0.29, 0.717) is 0 Å². The summed E-state index contributed by atoms with van der Waals surface area (Å²) in [6.45, 7) is 4.01. The zero-order chi connectivity index (χ0) is 14.7. The number of hydrogen-bond acceptors (Lipinski definition) is 4. The lowest BCUT2D eigenvalue weighted by Gasteiger charge is -2.20. The van der Waals surface area contributed by atoms with Crippen LogP contribution in [-0.2, 0) is 6.54 Å². The van der Waals surface area contributed by atoms with Gasteiger partial charge >= 0.3 is 0 Å². The van der Waals surface area contributed by atoms with Gasteiger partial charge < -0.3 is 9.47 Å². The fraction of sp³-hybridized carbons (Fsp3) is 0.312. The third kappa shape index (κ3) is 2.86. The van der Waals surface area contributed by atoms with Gasteiger partial charge in [-0.15, -0.1) is 0 Å². The Hall–Kier alpha value is -2.43. The smallest absolute Gasteiger partial charge is 0.139 e. The summed E-state index contributed by atoms with van der Waals surface area (Å²) in [5.74, 6) is 1.00. The maximum Gasteiger partial charge on any atom is 0.139 e. The van der Waals surface area contributed by atoms with Crippen LogP contribution in [0.2, 0.25) is 0 Å². The van der Waals surface area contributed by atoms with E-state index in [9.17, 15) is 0 Å². The van der Waals surface area contributed by atoms with Crippen molar-refractivity contribution in [3.63, 3.8) is 0 Å². The van der Waals surface area contributed by atoms with Crippen molar-refractivity contribution in [1.29, 1.82) is 0 Å². The Kier molecular flexibility index (Phi) is 3.81. The first-order chi connectivity index (χ1) is 10.3. The maximum absolute atomic E-state index is 4.48. The van der Waals surface area contributed by atoms with Gasteiger partial charge in [0.15, 0.2) is 0 Å². The topological polar surface area (TPSA) is 46.8 Å². The van der Waals surface area contributed by atoms with Gasteiger partial charge in [-0.3, -0.25) is 0 Å². The Morgan fingerprint density at radius 3 is 2.95 bits per heavy atom. The molecule has 2 aromatic heterocycles. The lowest BCUT2D eigenvalue weighted by atomic mass is 10.1. The van der Waals surface area contributed by atoms with E-state index in [-0.39, 0.29) is 0 Å². The van der Waals surface area contributed by atoms with E-state index in [0.717, 1.165) is 36.2 Å². The van der Waals surface area contributed by atoms with Crippen LogP contribution in [0.25, 0.3) is 10.9 Å². The van der Waals surface area contributed by atoms with E-state index in [1.807, 2.05) is 30.9 Å². The molecule has 0 N–H and O–H groups in total. The first kappa shape index (κ1) is 13.5. The number of anilines is 1. The average molecular weight is 281 g/mol. The molecule has 108 valence electrons. The highest BCUT2D eigenvalue weighted by Crippen LogP contribution is 2.25. The normalized spacial score (nSPS) is 11.0. The largest absolute Gasteiger partial charge is 0.359 e. The molecule has 21 heavy (non-hydrogen) atoms. The van der Waals surface area contributed by atoms with Crippen molar-refractivity contribution in [2.45, 2.75) is 19.9 Å². The van der Waals surface area contributed by atoms with Crippen molar-refractivity contribution >= 4 is 16.7 Å². The number of fused-ring (bicyclic) bond motifs is 1. The van der Waals surface area contributed by atoms with Crippen LogP contribution in [0.3, 0.4) is 0 Å². The van der Waals surface area contributed by atoms with Gasteiger partial charge in [0.25, 0.3) is 0 Å². The van der Waals surface area contributed by atoms with Gasteiger partial charge in [-0.05, 0) is 25.0 Å². The number of rotatable bonds is 5. The summed E-state index contributed by atoms with van der Waals surface area (Å²) in [7, 11) is 2.09. The number of imidazole rings is 1. The molecule has 0 aliphatic heterocycles. The minimum atomic E-state index is 0.943. The molecule has 2 heterocycles. The second-order valence-corrected chi connectivity index (χ2v) is 5.24. The number of nitrogens with zero attached hydrogens (tertiary/aromatic N) is 5. The monoisotopic (exact) mass is 281 g/mol. The second-order valence-electron chi connectivity index (χ2n) is 5.24. The average Bonchev–Trinajstić information content (AvgIpc) is 3.00. The fourth-order valence-electron chi connectivity index (χ4n) is 2.57. The number of aromatic nitrogens is 4. The second kappa shape index (κ2) is 5.91. The number of aryl methyl sites for hydroxylation is 2. The number of hydrogen-bond donors (Lipinski definition) is 0. The molecule has 3 rings (SSSR count). The van der Waals surface area contributed by atoms with E-state index >= 15 is 0 Å². The quantitative estimate of drug-likeness (QED) is 0.721. The molecular weight excluding hydrogens is 262 g/mol. The predicted octanol–water partition coefficient (Wildman–Crippen LogP) is 2.66. The van der Waals surface area contributed by atoms with Gasteiger partial charge in [0.2, 0.25) is 0 Å². The molecule has 5 heteroatoms. The molecule has 3 aromatic rings. The van der Waals surface area contributed by atoms with Crippen molar-refractivity contribution in [1.82, 2.24) is 19.5 Å². The molecular formula is C16H19N5. The molecule has 0 aliphatic carbocycles. The van der Waals surface area contributed by atoms with E-state index in [2.05, 4.69) is 44.5 Å². The van der Waals surface area contributed by atoms with E-state index < -0.39 is 0 Å². The Morgan fingerprint density at radius 1 is 1.24 bits per heavy atom. The van der Waals surface area contributed by atoms with Gasteiger partial charge in [0.1, 0.15) is 12.1 Å². The van der Waals surface area contributed by atoms with Crippen molar-refractivity contribution in [2.75, 3.05) is 18.5 Å². The van der Waals surface area contributed by atoms with Gasteiger partial charge in [0, 0.05) is 37.9 Å². The Balaban J connectivity index is 1.76. The molecule has 0 unspecified atom stereocenters. The van der Waals surface area contributed by atoms with Crippen molar-refractivity contribution in [3.05, 3.63) is 48.8 Å². The third-order valence-corrected chi connectivity index (χ3v) is 3.68. The Morgan fingerprint density at radius 2 is 2.14 bits per heavy atom. The predicted molar refractivity (Wildman–Crippen MR) is 84.4 cm³/mol. The summed E-state index contributed by atoms with van der Waals surface area (Å²) in [6.07, 6.45) is 8.34. The lowest BCUT2D eigenvalue weighted by molar-refractivity contribution is 0.636. The molecule has 0 spiro atoms. The van der Waals surface area contributed by atoms with E-state index in [4.69, 9.17) is 0 Å². The zero-order valence-corrected chi connectivity index (χ0v) is 12.4. The summed E-state index contributed by atoms with van der Waals surface area (Å²) in [4.78, 5) is 15.1. The molecule has 0 fully saturated rings. The van der Waals surface area contributed by atoms with Crippen molar-refractivity contribution in [2.24, 2.45) is 0 Å². The van der Waals surface area contributed by atoms with E-state index in [1.54, 1.807) is 6.33 Å². The van der Waals surface area contributed by atoms with Gasteiger partial charge in [-0.25, -0.2) is 15.0 Å². The molecule has 0 radical (unpaired) electrons. The van der Waals surface area contributed by atoms with Crippen molar-refractivity contribution in [3.8, 4) is 0 Å². The SMILES string of the molecule is Cc1cccc2ncnc(N(C)CCCn3ccnc3)c12. The molecule has 0 aliphatic rings. The maximum atomic E-state index is 4.48. The van der Waals surface area contributed by atoms with Crippen LogP contribution >= 0.6 is 0 Å². The minimum absolute atomic E-state index is 0.943.